The zero-order valence-electron chi connectivity index (χ0n) is 15.1. The molecule has 1 fully saturated rings. The molecule has 0 radical (unpaired) electrons. The first-order valence-corrected chi connectivity index (χ1v) is 8.43. The summed E-state index contributed by atoms with van der Waals surface area (Å²) in [6.07, 6.45) is 1.67. The van der Waals surface area contributed by atoms with Crippen LogP contribution in [0.25, 0.3) is 0 Å². The van der Waals surface area contributed by atoms with Crippen LogP contribution in [-0.2, 0) is 10.3 Å². The predicted octanol–water partition coefficient (Wildman–Crippen LogP) is 2.19. The summed E-state index contributed by atoms with van der Waals surface area (Å²) in [6.45, 7) is 10.6. The lowest BCUT2D eigenvalue weighted by atomic mass is 9.92. The van der Waals surface area contributed by atoms with E-state index >= 15 is 0 Å². The molecule has 0 atom stereocenters. The number of carbonyl (C=O) groups is 1. The molecule has 3 heterocycles. The third-order valence-corrected chi connectivity index (χ3v) is 4.44. The molecule has 7 nitrogen and oxygen atoms in total. The molecule has 2 aromatic heterocycles. The number of aryl methyl sites for hydroxylation is 2. The van der Waals surface area contributed by atoms with E-state index in [4.69, 9.17) is 9.26 Å². The highest BCUT2D eigenvalue weighted by Gasteiger charge is 2.30. The van der Waals surface area contributed by atoms with E-state index in [0.29, 0.717) is 24.7 Å². The van der Waals surface area contributed by atoms with Crippen molar-refractivity contribution in [3.8, 4) is 0 Å². The van der Waals surface area contributed by atoms with Gasteiger partial charge in [0.05, 0.1) is 24.4 Å². The third-order valence-electron chi connectivity index (χ3n) is 4.44. The Morgan fingerprint density at radius 1 is 1.28 bits per heavy atom. The van der Waals surface area contributed by atoms with Gasteiger partial charge in [-0.05, 0) is 39.8 Å². The van der Waals surface area contributed by atoms with Gasteiger partial charge in [0.2, 0.25) is 0 Å². The van der Waals surface area contributed by atoms with Gasteiger partial charge in [0.1, 0.15) is 11.5 Å². The number of nitrogens with zero attached hydrogens (tertiary/aromatic N) is 3. The molecular formula is C18H24N4O3. The monoisotopic (exact) mass is 344 g/mol. The van der Waals surface area contributed by atoms with Gasteiger partial charge in [-0.1, -0.05) is 5.16 Å². The van der Waals surface area contributed by atoms with Crippen molar-refractivity contribution >= 4 is 11.6 Å². The molecule has 7 heteroatoms. The van der Waals surface area contributed by atoms with Crippen molar-refractivity contribution in [1.82, 2.24) is 15.5 Å². The molecular weight excluding hydrogens is 320 g/mol. The number of nitrogens with one attached hydrogen (secondary N) is 1. The molecule has 0 aliphatic carbocycles. The first kappa shape index (κ1) is 17.4. The van der Waals surface area contributed by atoms with Gasteiger partial charge in [0.25, 0.3) is 5.91 Å². The second kappa shape index (κ2) is 6.84. The molecule has 2 aromatic rings. The molecule has 1 aliphatic heterocycles. The number of hydrogen-bond acceptors (Lipinski definition) is 6. The van der Waals surface area contributed by atoms with E-state index in [0.717, 1.165) is 30.0 Å². The van der Waals surface area contributed by atoms with Gasteiger partial charge in [0, 0.05) is 30.5 Å². The summed E-state index contributed by atoms with van der Waals surface area (Å²) in [6, 6.07) is 3.74. The molecule has 0 bridgehead atoms. The van der Waals surface area contributed by atoms with Crippen LogP contribution in [0.5, 0.6) is 0 Å². The van der Waals surface area contributed by atoms with Gasteiger partial charge in [-0.25, -0.2) is 0 Å². The molecule has 1 saturated heterocycles. The summed E-state index contributed by atoms with van der Waals surface area (Å²) in [4.78, 5) is 19.2. The largest absolute Gasteiger partial charge is 0.378 e. The summed E-state index contributed by atoms with van der Waals surface area (Å²) in [7, 11) is 0. The second-order valence-corrected chi connectivity index (χ2v) is 6.78. The molecule has 134 valence electrons. The summed E-state index contributed by atoms with van der Waals surface area (Å²) < 4.78 is 10.6. The van der Waals surface area contributed by atoms with Crippen molar-refractivity contribution in [2.45, 2.75) is 33.2 Å². The van der Waals surface area contributed by atoms with E-state index in [1.807, 2.05) is 39.8 Å². The maximum atomic E-state index is 12.7. The topological polar surface area (TPSA) is 80.5 Å². The molecule has 3 rings (SSSR count). The molecule has 0 unspecified atom stereocenters. The zero-order chi connectivity index (χ0) is 18.0. The number of ether oxygens (including phenoxy) is 1. The lowest BCUT2D eigenvalue weighted by Crippen LogP contribution is -2.42. The van der Waals surface area contributed by atoms with E-state index in [1.165, 1.54) is 0 Å². The number of amides is 1. The minimum atomic E-state index is -0.609. The van der Waals surface area contributed by atoms with E-state index < -0.39 is 5.54 Å². The van der Waals surface area contributed by atoms with Gasteiger partial charge >= 0.3 is 0 Å². The van der Waals surface area contributed by atoms with Crippen LogP contribution >= 0.6 is 0 Å². The highest BCUT2D eigenvalue weighted by atomic mass is 16.5. The van der Waals surface area contributed by atoms with Gasteiger partial charge in [0.15, 0.2) is 0 Å². The normalized spacial score (nSPS) is 15.3. The number of hydrogen-bond donors (Lipinski definition) is 1. The van der Waals surface area contributed by atoms with Gasteiger partial charge in [-0.2, -0.15) is 0 Å². The number of morpholine rings is 1. The van der Waals surface area contributed by atoms with E-state index in [-0.39, 0.29) is 5.91 Å². The third kappa shape index (κ3) is 3.66. The SMILES string of the molecule is Cc1noc(C)c1C(C)(C)NC(=O)c1cc(N2CCOCC2)ccn1. The fourth-order valence-corrected chi connectivity index (χ4v) is 3.35. The van der Waals surface area contributed by atoms with Crippen LogP contribution in [0.4, 0.5) is 5.69 Å². The first-order valence-electron chi connectivity index (χ1n) is 8.43. The van der Waals surface area contributed by atoms with Crippen LogP contribution in [0.1, 0.15) is 41.4 Å². The maximum absolute atomic E-state index is 12.7. The molecule has 1 aliphatic rings. The maximum Gasteiger partial charge on any atom is 0.270 e. The quantitative estimate of drug-likeness (QED) is 0.916. The summed E-state index contributed by atoms with van der Waals surface area (Å²) in [5.74, 6) is 0.484. The molecule has 1 N–H and O–H groups in total. The van der Waals surface area contributed by atoms with Crippen molar-refractivity contribution in [2.75, 3.05) is 31.2 Å². The second-order valence-electron chi connectivity index (χ2n) is 6.78. The Hall–Kier alpha value is -2.41. The average Bonchev–Trinajstić information content (AvgIpc) is 2.95. The van der Waals surface area contributed by atoms with Crippen LogP contribution in [0.2, 0.25) is 0 Å². The number of aromatic nitrogens is 2. The summed E-state index contributed by atoms with van der Waals surface area (Å²) in [5.41, 5.74) is 2.44. The smallest absolute Gasteiger partial charge is 0.270 e. The average molecular weight is 344 g/mol. The highest BCUT2D eigenvalue weighted by molar-refractivity contribution is 5.93. The predicted molar refractivity (Wildman–Crippen MR) is 93.7 cm³/mol. The minimum absolute atomic E-state index is 0.222. The lowest BCUT2D eigenvalue weighted by Gasteiger charge is -2.29. The first-order chi connectivity index (χ1) is 11.9. The Bertz CT molecular complexity index is 744. The number of anilines is 1. The minimum Gasteiger partial charge on any atom is -0.378 e. The highest BCUT2D eigenvalue weighted by Crippen LogP contribution is 2.27. The number of rotatable bonds is 4. The summed E-state index contributed by atoms with van der Waals surface area (Å²) in [5, 5.41) is 7.02. The molecule has 0 spiro atoms. The van der Waals surface area contributed by atoms with Crippen molar-refractivity contribution in [1.29, 1.82) is 0 Å². The van der Waals surface area contributed by atoms with Crippen LogP contribution < -0.4 is 10.2 Å². The van der Waals surface area contributed by atoms with Crippen LogP contribution in [0, 0.1) is 13.8 Å². The Balaban J connectivity index is 1.79. The van der Waals surface area contributed by atoms with Crippen LogP contribution in [0.15, 0.2) is 22.9 Å². The Kier molecular flexibility index (Phi) is 4.76. The fraction of sp³-hybridized carbons (Fsp3) is 0.500. The van der Waals surface area contributed by atoms with Gasteiger partial charge < -0.3 is 19.5 Å². The Morgan fingerprint density at radius 3 is 2.64 bits per heavy atom. The standard InChI is InChI=1S/C18H24N4O3/c1-12-16(13(2)25-21-12)18(3,4)20-17(23)15-11-14(5-6-19-15)22-7-9-24-10-8-22/h5-6,11H,7-10H2,1-4H3,(H,20,23). The Morgan fingerprint density at radius 2 is 2.00 bits per heavy atom. The Labute approximate surface area is 147 Å². The molecule has 0 saturated carbocycles. The molecule has 1 amide bonds. The van der Waals surface area contributed by atoms with Crippen molar-refractivity contribution in [3.63, 3.8) is 0 Å². The summed E-state index contributed by atoms with van der Waals surface area (Å²) >= 11 is 0. The zero-order valence-corrected chi connectivity index (χ0v) is 15.1. The van der Waals surface area contributed by atoms with Gasteiger partial charge in [-0.3, -0.25) is 9.78 Å². The number of carbonyl (C=O) groups excluding carboxylic acids is 1. The fourth-order valence-electron chi connectivity index (χ4n) is 3.35. The lowest BCUT2D eigenvalue weighted by molar-refractivity contribution is 0.0906. The van der Waals surface area contributed by atoms with E-state index in [9.17, 15) is 4.79 Å². The molecule has 25 heavy (non-hydrogen) atoms. The van der Waals surface area contributed by atoms with Crippen LogP contribution in [-0.4, -0.2) is 42.4 Å². The molecule has 0 aromatic carbocycles. The van der Waals surface area contributed by atoms with Crippen molar-refractivity contribution in [2.24, 2.45) is 0 Å². The van der Waals surface area contributed by atoms with E-state index in [2.05, 4.69) is 20.4 Å². The van der Waals surface area contributed by atoms with Gasteiger partial charge in [-0.15, -0.1) is 0 Å². The van der Waals surface area contributed by atoms with Crippen molar-refractivity contribution in [3.05, 3.63) is 41.0 Å². The van der Waals surface area contributed by atoms with E-state index in [1.54, 1.807) is 6.20 Å². The van der Waals surface area contributed by atoms with Crippen molar-refractivity contribution < 1.29 is 14.1 Å². The van der Waals surface area contributed by atoms with Crippen LogP contribution in [0.3, 0.4) is 0 Å². The number of pyridine rings is 1.